The second-order valence-corrected chi connectivity index (χ2v) is 4.10. The summed E-state index contributed by atoms with van der Waals surface area (Å²) in [6.07, 6.45) is 0. The van der Waals surface area contributed by atoms with Gasteiger partial charge in [0.25, 0.3) is 0 Å². The summed E-state index contributed by atoms with van der Waals surface area (Å²) >= 11 is 0. The van der Waals surface area contributed by atoms with Crippen LogP contribution in [-0.4, -0.2) is 17.1 Å². The molecule has 19 heavy (non-hydrogen) atoms. The minimum atomic E-state index is 0.565. The van der Waals surface area contributed by atoms with Gasteiger partial charge in [-0.1, -0.05) is 18.2 Å². The second kappa shape index (κ2) is 4.46. The molecule has 0 radical (unpaired) electrons. The fourth-order valence-electron chi connectivity index (χ4n) is 2.09. The van der Waals surface area contributed by atoms with Crippen LogP contribution in [0.3, 0.4) is 0 Å². The number of H-pyrrole nitrogens is 1. The molecule has 0 fully saturated rings. The Balaban J connectivity index is 2.24. The number of nitriles is 1. The first-order chi connectivity index (χ1) is 9.33. The van der Waals surface area contributed by atoms with Crippen LogP contribution in [0.5, 0.6) is 5.75 Å². The highest BCUT2D eigenvalue weighted by Gasteiger charge is 2.11. The van der Waals surface area contributed by atoms with Gasteiger partial charge < -0.3 is 9.72 Å². The first kappa shape index (κ1) is 11.3. The summed E-state index contributed by atoms with van der Waals surface area (Å²) in [6.45, 7) is 0. The monoisotopic (exact) mass is 249 g/mol. The van der Waals surface area contributed by atoms with E-state index in [0.717, 1.165) is 16.8 Å². The van der Waals surface area contributed by atoms with Crippen molar-refractivity contribution in [2.24, 2.45) is 0 Å². The number of para-hydroxylation sites is 2. The predicted molar refractivity (Wildman–Crippen MR) is 72.8 cm³/mol. The predicted octanol–water partition coefficient (Wildman–Crippen LogP) is 3.11. The minimum Gasteiger partial charge on any atom is -0.496 e. The third-order valence-electron chi connectivity index (χ3n) is 3.00. The molecule has 0 saturated carbocycles. The highest BCUT2D eigenvalue weighted by atomic mass is 16.5. The number of nitrogens with one attached hydrogen (secondary N) is 1. The van der Waals surface area contributed by atoms with E-state index < -0.39 is 0 Å². The van der Waals surface area contributed by atoms with Crippen molar-refractivity contribution in [3.8, 4) is 23.2 Å². The lowest BCUT2D eigenvalue weighted by atomic mass is 10.2. The van der Waals surface area contributed by atoms with Gasteiger partial charge in [0.1, 0.15) is 23.2 Å². The summed E-state index contributed by atoms with van der Waals surface area (Å²) in [5, 5.41) is 9.09. The number of rotatable bonds is 2. The molecule has 1 N–H and O–H groups in total. The molecule has 1 aromatic heterocycles. The van der Waals surface area contributed by atoms with E-state index in [2.05, 4.69) is 16.0 Å². The molecule has 92 valence electrons. The average Bonchev–Trinajstić information content (AvgIpc) is 2.90. The fourth-order valence-corrected chi connectivity index (χ4v) is 2.09. The molecular weight excluding hydrogens is 238 g/mol. The zero-order valence-corrected chi connectivity index (χ0v) is 10.3. The first-order valence-corrected chi connectivity index (χ1v) is 5.85. The molecule has 0 bridgehead atoms. The maximum absolute atomic E-state index is 9.09. The molecule has 0 spiro atoms. The number of nitrogens with zero attached hydrogens (tertiary/aromatic N) is 2. The summed E-state index contributed by atoms with van der Waals surface area (Å²) in [4.78, 5) is 7.72. The van der Waals surface area contributed by atoms with E-state index in [1.165, 1.54) is 0 Å². The van der Waals surface area contributed by atoms with Gasteiger partial charge in [0.15, 0.2) is 0 Å². The summed E-state index contributed by atoms with van der Waals surface area (Å²) in [5.74, 6) is 1.45. The molecule has 3 rings (SSSR count). The van der Waals surface area contributed by atoms with E-state index in [4.69, 9.17) is 10.00 Å². The summed E-state index contributed by atoms with van der Waals surface area (Å²) in [5.41, 5.74) is 2.98. The van der Waals surface area contributed by atoms with E-state index in [1.807, 2.05) is 36.4 Å². The summed E-state index contributed by atoms with van der Waals surface area (Å²) in [6, 6.07) is 15.3. The van der Waals surface area contributed by atoms with Crippen molar-refractivity contribution < 1.29 is 4.74 Å². The van der Waals surface area contributed by atoms with Crippen LogP contribution in [0.15, 0.2) is 42.5 Å². The molecular formula is C15H11N3O. The Kier molecular flexibility index (Phi) is 2.66. The Morgan fingerprint density at radius 2 is 2.00 bits per heavy atom. The first-order valence-electron chi connectivity index (χ1n) is 5.85. The van der Waals surface area contributed by atoms with Gasteiger partial charge in [-0.2, -0.15) is 5.26 Å². The normalized spacial score (nSPS) is 10.3. The van der Waals surface area contributed by atoms with E-state index in [-0.39, 0.29) is 0 Å². The largest absolute Gasteiger partial charge is 0.496 e. The molecule has 3 aromatic rings. The molecule has 0 aliphatic carbocycles. The highest BCUT2D eigenvalue weighted by Crippen LogP contribution is 2.29. The summed E-state index contributed by atoms with van der Waals surface area (Å²) in [7, 11) is 1.63. The van der Waals surface area contributed by atoms with E-state index >= 15 is 0 Å². The molecule has 4 heteroatoms. The molecule has 0 atom stereocenters. The van der Waals surface area contributed by atoms with Gasteiger partial charge in [0.05, 0.1) is 23.8 Å². The Morgan fingerprint density at radius 1 is 1.16 bits per heavy atom. The molecule has 1 heterocycles. The number of fused-ring (bicyclic) bond motifs is 1. The number of aromatic nitrogens is 2. The van der Waals surface area contributed by atoms with Crippen molar-refractivity contribution in [2.75, 3.05) is 7.11 Å². The second-order valence-electron chi connectivity index (χ2n) is 4.10. The van der Waals surface area contributed by atoms with Crippen molar-refractivity contribution in [1.29, 1.82) is 5.26 Å². The Morgan fingerprint density at radius 3 is 2.79 bits per heavy atom. The molecule has 0 unspecified atom stereocenters. The van der Waals surface area contributed by atoms with Gasteiger partial charge in [0.2, 0.25) is 0 Å². The topological polar surface area (TPSA) is 61.7 Å². The number of imidazole rings is 1. The van der Waals surface area contributed by atoms with Crippen LogP contribution in [0.1, 0.15) is 5.56 Å². The lowest BCUT2D eigenvalue weighted by Crippen LogP contribution is -1.88. The zero-order chi connectivity index (χ0) is 13.2. The molecule has 4 nitrogen and oxygen atoms in total. The quantitative estimate of drug-likeness (QED) is 0.759. The fraction of sp³-hybridized carbons (Fsp3) is 0.0667. The van der Waals surface area contributed by atoms with Crippen molar-refractivity contribution in [2.45, 2.75) is 0 Å². The van der Waals surface area contributed by atoms with Gasteiger partial charge in [-0.15, -0.1) is 0 Å². The minimum absolute atomic E-state index is 0.565. The number of hydrogen-bond donors (Lipinski definition) is 1. The van der Waals surface area contributed by atoms with Gasteiger partial charge in [-0.25, -0.2) is 4.98 Å². The van der Waals surface area contributed by atoms with Gasteiger partial charge in [0, 0.05) is 0 Å². The van der Waals surface area contributed by atoms with Crippen LogP contribution in [0.25, 0.3) is 22.4 Å². The Bertz CT molecular complexity index is 783. The van der Waals surface area contributed by atoms with Crippen LogP contribution in [-0.2, 0) is 0 Å². The zero-order valence-electron chi connectivity index (χ0n) is 10.3. The third kappa shape index (κ3) is 1.81. The lowest BCUT2D eigenvalue weighted by molar-refractivity contribution is 0.416. The van der Waals surface area contributed by atoms with E-state index in [0.29, 0.717) is 16.9 Å². The van der Waals surface area contributed by atoms with Gasteiger partial charge >= 0.3 is 0 Å². The van der Waals surface area contributed by atoms with Crippen molar-refractivity contribution in [3.05, 3.63) is 48.0 Å². The number of ether oxygens (including phenoxy) is 1. The smallest absolute Gasteiger partial charge is 0.142 e. The van der Waals surface area contributed by atoms with Crippen LogP contribution < -0.4 is 4.74 Å². The number of aromatic amines is 1. The van der Waals surface area contributed by atoms with Crippen LogP contribution >= 0.6 is 0 Å². The number of benzene rings is 2. The molecule has 0 amide bonds. The average molecular weight is 249 g/mol. The Hall–Kier alpha value is -2.80. The standard InChI is InChI=1S/C15H11N3O/c1-19-13-8-3-2-6-11(13)15-17-12-7-4-5-10(9-16)14(12)18-15/h2-8H,1H3,(H,17,18). The SMILES string of the molecule is COc1ccccc1-c1nc2c(C#N)cccc2[nH]1. The summed E-state index contributed by atoms with van der Waals surface area (Å²) < 4.78 is 5.33. The van der Waals surface area contributed by atoms with Crippen LogP contribution in [0.4, 0.5) is 0 Å². The van der Waals surface area contributed by atoms with E-state index in [9.17, 15) is 0 Å². The van der Waals surface area contributed by atoms with Crippen LogP contribution in [0, 0.1) is 11.3 Å². The highest BCUT2D eigenvalue weighted by molar-refractivity contribution is 5.85. The van der Waals surface area contributed by atoms with Crippen molar-refractivity contribution >= 4 is 11.0 Å². The number of methoxy groups -OCH3 is 1. The Labute approximate surface area is 110 Å². The maximum Gasteiger partial charge on any atom is 0.142 e. The van der Waals surface area contributed by atoms with Crippen molar-refractivity contribution in [3.63, 3.8) is 0 Å². The maximum atomic E-state index is 9.09. The lowest BCUT2D eigenvalue weighted by Gasteiger charge is -2.04. The number of hydrogen-bond acceptors (Lipinski definition) is 3. The van der Waals surface area contributed by atoms with Crippen molar-refractivity contribution in [1.82, 2.24) is 9.97 Å². The molecule has 0 saturated heterocycles. The molecule has 0 aliphatic rings. The third-order valence-corrected chi connectivity index (χ3v) is 3.00. The van der Waals surface area contributed by atoms with Crippen LogP contribution in [0.2, 0.25) is 0 Å². The molecule has 0 aliphatic heterocycles. The van der Waals surface area contributed by atoms with E-state index in [1.54, 1.807) is 13.2 Å². The molecule has 2 aromatic carbocycles. The van der Waals surface area contributed by atoms with Gasteiger partial charge in [-0.3, -0.25) is 0 Å². The van der Waals surface area contributed by atoms with Gasteiger partial charge in [-0.05, 0) is 24.3 Å².